The molecule has 9 aromatic rings. The molecule has 3 N–H and O–H groups in total. The Morgan fingerprint density at radius 1 is 0.559 bits per heavy atom. The number of hydrogen-bond donors (Lipinski definition) is 3. The molecular weight excluding hydrogens is 1400 g/mol. The number of carbonyl (C=O) groups excluding carboxylic acids is 1. The zero-order valence-corrected chi connectivity index (χ0v) is 66.0. The van der Waals surface area contributed by atoms with Crippen molar-refractivity contribution >= 4 is 46.7 Å². The highest BCUT2D eigenvalue weighted by Crippen LogP contribution is 2.40. The number of methoxy groups -OCH3 is 1. The van der Waals surface area contributed by atoms with Crippen molar-refractivity contribution < 1.29 is 33.6 Å². The fraction of sp³-hybridized carbons (Fsp3) is 0.452. The molecule has 17 rings (SSSR count). The molecule has 3 saturated carbocycles. The number of imidazole rings is 1. The third-order valence-corrected chi connectivity index (χ3v) is 23.1. The van der Waals surface area contributed by atoms with E-state index in [1.54, 1.807) is 30.3 Å². The van der Waals surface area contributed by atoms with Gasteiger partial charge >= 0.3 is 0 Å². The van der Waals surface area contributed by atoms with Gasteiger partial charge in [0.05, 0.1) is 39.6 Å². The van der Waals surface area contributed by atoms with Gasteiger partial charge in [0, 0.05) is 117 Å². The van der Waals surface area contributed by atoms with E-state index in [1.807, 2.05) is 66.9 Å². The van der Waals surface area contributed by atoms with Gasteiger partial charge in [-0.3, -0.25) is 9.36 Å². The summed E-state index contributed by atoms with van der Waals surface area (Å²) in [5, 5.41) is 14.0. The number of aromatic amines is 1. The van der Waals surface area contributed by atoms with Crippen LogP contribution < -0.4 is 39.9 Å². The molecule has 8 aliphatic rings. The monoisotopic (exact) mass is 1520 g/mol. The molecule has 8 heterocycles. The number of morpholine rings is 2. The lowest BCUT2D eigenvalue weighted by Gasteiger charge is -2.31. The number of aliphatic hydroxyl groups excluding tert-OH is 1. The first kappa shape index (κ1) is 81.3. The fourth-order valence-corrected chi connectivity index (χ4v) is 16.9. The van der Waals surface area contributed by atoms with Crippen LogP contribution in [0.4, 0.5) is 23.0 Å². The Hall–Kier alpha value is -9.17. The number of nitrogens with one attached hydrogen (secondary N) is 2. The highest BCUT2D eigenvalue weighted by atomic mass is 32.1. The summed E-state index contributed by atoms with van der Waals surface area (Å²) in [7, 11) is 1.68. The molecule has 5 aliphatic heterocycles. The fourth-order valence-electron chi connectivity index (χ4n) is 16.7. The Labute approximate surface area is 664 Å². The van der Waals surface area contributed by atoms with Gasteiger partial charge in [-0.05, 0) is 167 Å². The average molecular weight is 1520 g/mol. The SMILES string of the molecule is COc1ccc(COc2cc(N3CCOCC3)cc(N3CCC[C@H]3Cc3ccccc3)n2)cc1.O=CC1CCCC1.O=c1cc(N2CCOCC2)cc(N2CCC[C@H]2Cc2ccccc2)[nH]1.OC(c1ccccc1)C1CCCC1.S=C(OC(c1ccccc1)C1CCCC1)n1ccnc1.c1ccc(C[C@@H]2CCCN2)cc1. The van der Waals surface area contributed by atoms with Crippen molar-refractivity contribution in [3.63, 3.8) is 0 Å². The van der Waals surface area contributed by atoms with Crippen LogP contribution in [0.5, 0.6) is 11.6 Å². The molecule has 18 heteroatoms. The number of hydrogen-bond acceptors (Lipinski definition) is 16. The van der Waals surface area contributed by atoms with E-state index in [1.165, 1.54) is 138 Å². The smallest absolute Gasteiger partial charge is 0.269 e. The molecule has 0 amide bonds. The molecule has 5 atom stereocenters. The number of anilines is 4. The molecule has 588 valence electrons. The van der Waals surface area contributed by atoms with Gasteiger partial charge in [-0.2, -0.15) is 4.98 Å². The van der Waals surface area contributed by atoms with Gasteiger partial charge in [0.25, 0.3) is 10.7 Å². The summed E-state index contributed by atoms with van der Waals surface area (Å²) in [6.45, 7) is 10.1. The van der Waals surface area contributed by atoms with Gasteiger partial charge in [-0.25, -0.2) is 4.98 Å². The summed E-state index contributed by atoms with van der Waals surface area (Å²) in [4.78, 5) is 43.7. The Morgan fingerprint density at radius 2 is 1.08 bits per heavy atom. The molecule has 3 aromatic heterocycles. The first-order valence-electron chi connectivity index (χ1n) is 41.2. The van der Waals surface area contributed by atoms with Crippen molar-refractivity contribution in [2.75, 3.05) is 99.0 Å². The maximum Gasteiger partial charge on any atom is 0.269 e. The normalized spacial score (nSPS) is 19.6. The largest absolute Gasteiger partial charge is 0.497 e. The molecule has 0 spiro atoms. The van der Waals surface area contributed by atoms with Crippen LogP contribution in [0.3, 0.4) is 0 Å². The van der Waals surface area contributed by atoms with Crippen LogP contribution in [0, 0.1) is 17.8 Å². The topological polar surface area (TPSA) is 172 Å². The van der Waals surface area contributed by atoms with E-state index in [2.05, 4.69) is 168 Å². The molecule has 6 aromatic carbocycles. The number of ether oxygens (including phenoxy) is 5. The lowest BCUT2D eigenvalue weighted by atomic mass is 9.94. The lowest BCUT2D eigenvalue weighted by Crippen LogP contribution is -2.37. The van der Waals surface area contributed by atoms with Crippen molar-refractivity contribution in [3.8, 4) is 11.6 Å². The zero-order valence-electron chi connectivity index (χ0n) is 65.2. The van der Waals surface area contributed by atoms with Crippen molar-refractivity contribution in [2.45, 2.75) is 172 Å². The number of carbonyl (C=O) groups is 1. The lowest BCUT2D eigenvalue weighted by molar-refractivity contribution is -0.110. The minimum absolute atomic E-state index is 0.0237. The van der Waals surface area contributed by atoms with E-state index in [0.29, 0.717) is 47.5 Å². The second-order valence-corrected chi connectivity index (χ2v) is 30.9. The van der Waals surface area contributed by atoms with Crippen molar-refractivity contribution in [3.05, 3.63) is 263 Å². The molecule has 111 heavy (non-hydrogen) atoms. The highest BCUT2D eigenvalue weighted by Gasteiger charge is 2.32. The first-order valence-corrected chi connectivity index (χ1v) is 41.6. The van der Waals surface area contributed by atoms with E-state index >= 15 is 0 Å². The van der Waals surface area contributed by atoms with Gasteiger partial charge in [-0.15, -0.1) is 0 Å². The molecule has 0 radical (unpaired) electrons. The van der Waals surface area contributed by atoms with Gasteiger partial charge in [0.2, 0.25) is 5.88 Å². The van der Waals surface area contributed by atoms with Crippen molar-refractivity contribution in [2.24, 2.45) is 17.8 Å². The van der Waals surface area contributed by atoms with Gasteiger partial charge in [0.1, 0.15) is 42.7 Å². The Kier molecular flexibility index (Phi) is 32.4. The van der Waals surface area contributed by atoms with Gasteiger partial charge in [-0.1, -0.05) is 202 Å². The molecule has 5 saturated heterocycles. The van der Waals surface area contributed by atoms with Gasteiger partial charge in [0.15, 0.2) is 0 Å². The molecule has 2 unspecified atom stereocenters. The van der Waals surface area contributed by atoms with Crippen molar-refractivity contribution in [1.29, 1.82) is 0 Å². The first-order chi connectivity index (χ1) is 54.7. The maximum atomic E-state index is 12.2. The number of thiocarbonyl (C=S) groups is 1. The van der Waals surface area contributed by atoms with Crippen LogP contribution in [-0.2, 0) is 44.9 Å². The van der Waals surface area contributed by atoms with Crippen LogP contribution in [-0.4, -0.2) is 134 Å². The Bertz CT molecular complexity index is 4150. The summed E-state index contributed by atoms with van der Waals surface area (Å²) >= 11 is 5.39. The highest BCUT2D eigenvalue weighted by molar-refractivity contribution is 7.80. The van der Waals surface area contributed by atoms with Crippen LogP contribution in [0.1, 0.15) is 161 Å². The molecule has 0 bridgehead atoms. The Balaban J connectivity index is 0.000000132. The van der Waals surface area contributed by atoms with E-state index in [4.69, 9.17) is 40.9 Å². The van der Waals surface area contributed by atoms with E-state index < -0.39 is 0 Å². The van der Waals surface area contributed by atoms with Crippen LogP contribution in [0.25, 0.3) is 0 Å². The van der Waals surface area contributed by atoms with E-state index in [-0.39, 0.29) is 17.8 Å². The predicted octanol–water partition coefficient (Wildman–Crippen LogP) is 17.4. The summed E-state index contributed by atoms with van der Waals surface area (Å²) < 4.78 is 30.4. The Morgan fingerprint density at radius 3 is 1.61 bits per heavy atom. The number of aldehydes is 1. The van der Waals surface area contributed by atoms with E-state index in [9.17, 15) is 14.7 Å². The summed E-state index contributed by atoms with van der Waals surface area (Å²) in [5.41, 5.74) is 9.70. The number of benzene rings is 6. The third-order valence-electron chi connectivity index (χ3n) is 22.8. The summed E-state index contributed by atoms with van der Waals surface area (Å²) in [6.07, 6.45) is 31.5. The number of aromatic nitrogens is 4. The zero-order chi connectivity index (χ0) is 76.4. The number of pyridine rings is 2. The standard InChI is InChI=1S/C28H33N3O3.C20H25N3O2.C16H18N2OS.C12H16O.C11H15N.C6H10O/c1-32-26-11-9-23(10-12-26)21-34-28-20-25(30-14-16-33-17-15-30)19-27(29-28)31-13-5-8-24(31)18-22-6-3-2-4-7-22;24-20-15-18(22-9-11-25-12-10-22)14-19(21-20)23-8-4-7-17(23)13-16-5-2-1-3-6-16;20-16(18-11-10-17-12-18)19-15(14-8-4-5-9-14)13-6-2-1-3-7-13;13-12(11-8-4-5-9-11)10-6-2-1-3-7-10;1-2-5-10(6-3-1)9-11-7-4-8-12-11;7-5-6-3-1-2-4-6/h2-4,6-7,9-12,19-20,24H,5,8,13-18,21H2,1H3;1-3,5-6,14-15,17H,4,7-13H2,(H,21,24);1-3,6-7,10-12,14-15H,4-5,8-9H2;1-3,6-7,11-13H,4-5,8-9H2;1-3,5-6,11-12H,4,7-9H2;5-6H,1-4H2/t24-;17-;;;11-;/m00..0./s1. The minimum atomic E-state index is -0.233. The number of H-pyrrole nitrogens is 1. The van der Waals surface area contributed by atoms with E-state index in [0.717, 1.165) is 144 Å². The van der Waals surface area contributed by atoms with Crippen LogP contribution in [0.15, 0.2) is 224 Å². The number of rotatable bonds is 20. The molecule has 17 nitrogen and oxygen atoms in total. The third kappa shape index (κ3) is 25.4. The summed E-state index contributed by atoms with van der Waals surface area (Å²) in [6, 6.07) is 70.2. The second kappa shape index (κ2) is 44.2. The molecular formula is C93H117N9O8S. The predicted molar refractivity (Wildman–Crippen MR) is 451 cm³/mol. The van der Waals surface area contributed by atoms with Gasteiger partial charge < -0.3 is 63.5 Å². The summed E-state index contributed by atoms with van der Waals surface area (Å²) in [5.74, 6) is 4.94. The number of nitrogens with zero attached hydrogens (tertiary/aromatic N) is 7. The second-order valence-electron chi connectivity index (χ2n) is 30.6. The van der Waals surface area contributed by atoms with Crippen LogP contribution in [0.2, 0.25) is 0 Å². The van der Waals surface area contributed by atoms with Crippen LogP contribution >= 0.6 is 12.2 Å². The average Bonchev–Trinajstić information content (AvgIpc) is 1.78. The van der Waals surface area contributed by atoms with Crippen molar-refractivity contribution in [1.82, 2.24) is 24.8 Å². The quantitative estimate of drug-likeness (QED) is 0.0486. The number of aliphatic hydroxyl groups is 1. The minimum Gasteiger partial charge on any atom is -0.497 e. The maximum absolute atomic E-state index is 12.2. The molecule has 3 aliphatic carbocycles. The molecule has 8 fully saturated rings.